The van der Waals surface area contributed by atoms with E-state index >= 15 is 0 Å². The number of carbonyl (C=O) groups excluding carboxylic acids is 4. The molecule has 0 radical (unpaired) electrons. The van der Waals surface area contributed by atoms with E-state index in [0.717, 1.165) is 43.2 Å². The van der Waals surface area contributed by atoms with E-state index in [0.29, 0.717) is 25.7 Å². The average Bonchev–Trinajstić information content (AvgIpc) is 4.01. The van der Waals surface area contributed by atoms with Crippen LogP contribution in [0.25, 0.3) is 6.08 Å². The van der Waals surface area contributed by atoms with Gasteiger partial charge >= 0.3 is 6.09 Å². The summed E-state index contributed by atoms with van der Waals surface area (Å²) in [6, 6.07) is 5.59. The van der Waals surface area contributed by atoms with Gasteiger partial charge in [-0.15, -0.1) is 0 Å². The number of rotatable bonds is 7. The van der Waals surface area contributed by atoms with E-state index in [1.54, 1.807) is 7.11 Å². The van der Waals surface area contributed by atoms with Crippen LogP contribution in [0.4, 0.5) is 4.79 Å². The summed E-state index contributed by atoms with van der Waals surface area (Å²) < 4.78 is 40.0. The highest BCUT2D eigenvalue weighted by atomic mass is 32.2. The second-order valence-corrected chi connectivity index (χ2v) is 20.9. The monoisotopic (exact) mass is 806 g/mol. The van der Waals surface area contributed by atoms with Crippen LogP contribution in [-0.2, 0) is 39.5 Å². The molecule has 0 aromatic heterocycles. The van der Waals surface area contributed by atoms with E-state index in [2.05, 4.69) is 42.2 Å². The maximum atomic E-state index is 14.9. The fourth-order valence-corrected chi connectivity index (χ4v) is 9.78. The van der Waals surface area contributed by atoms with Crippen molar-refractivity contribution in [1.29, 1.82) is 0 Å². The van der Waals surface area contributed by atoms with Gasteiger partial charge in [-0.3, -0.25) is 19.1 Å². The van der Waals surface area contributed by atoms with E-state index < -0.39 is 67.7 Å². The number of sulfonamides is 1. The molecule has 1 aromatic rings. The van der Waals surface area contributed by atoms with Crippen molar-refractivity contribution in [3.63, 3.8) is 0 Å². The van der Waals surface area contributed by atoms with E-state index in [9.17, 15) is 27.6 Å². The Hall–Kier alpha value is -3.97. The lowest BCUT2D eigenvalue weighted by Crippen LogP contribution is -2.60. The topological polar surface area (TPSA) is 160 Å². The first kappa shape index (κ1) is 42.6. The number of fused-ring (bicyclic) bond motifs is 15. The molecule has 4 fully saturated rings. The Morgan fingerprint density at radius 2 is 1.68 bits per heavy atom. The fourth-order valence-electron chi connectivity index (χ4n) is 8.41. The van der Waals surface area contributed by atoms with Crippen LogP contribution in [0.2, 0.25) is 0 Å². The van der Waals surface area contributed by atoms with Crippen molar-refractivity contribution < 1.29 is 37.1 Å². The quantitative estimate of drug-likeness (QED) is 0.291. The van der Waals surface area contributed by atoms with Crippen molar-refractivity contribution in [2.45, 2.75) is 134 Å². The van der Waals surface area contributed by atoms with Crippen LogP contribution in [0.15, 0.2) is 54.1 Å². The molecule has 1 aromatic carbocycles. The summed E-state index contributed by atoms with van der Waals surface area (Å²) in [6.07, 6.45) is 16.1. The van der Waals surface area contributed by atoms with Gasteiger partial charge in [-0.1, -0.05) is 94.8 Å². The van der Waals surface area contributed by atoms with Crippen molar-refractivity contribution >= 4 is 39.9 Å². The second-order valence-electron chi connectivity index (χ2n) is 18.9. The Labute approximate surface area is 338 Å². The summed E-state index contributed by atoms with van der Waals surface area (Å²) in [5, 5.41) is 5.21. The van der Waals surface area contributed by atoms with Crippen molar-refractivity contribution in [2.24, 2.45) is 22.7 Å². The van der Waals surface area contributed by atoms with Gasteiger partial charge < -0.3 is 25.0 Å². The van der Waals surface area contributed by atoms with Crippen LogP contribution in [0.5, 0.6) is 0 Å². The maximum absolute atomic E-state index is 14.9. The number of nitrogens with zero attached hydrogens (tertiary/aromatic N) is 1. The first-order chi connectivity index (χ1) is 26.8. The molecule has 4 bridgehead atoms. The Kier molecular flexibility index (Phi) is 12.2. The SMILES string of the molecule is CO[C@@]12C[C@@H](C(=O)N[C@]3(C(=O)NS(=O)(=O)C4CC4)C[C@H]3C3CC3)N(C1)C(=O)[C@H](C(C)(C)C)NC(=O)OCCC(C)(C)CCC/C(C)=C/C=C\C=C\c1ccc2cc1. The normalized spacial score (nSPS) is 32.2. The number of ether oxygens (including phenoxy) is 2. The van der Waals surface area contributed by atoms with E-state index in [1.165, 1.54) is 10.5 Å². The number of nitrogens with one attached hydrogen (secondary N) is 3. The summed E-state index contributed by atoms with van der Waals surface area (Å²) in [7, 11) is -2.32. The minimum Gasteiger partial charge on any atom is -0.450 e. The average molecular weight is 807 g/mol. The molecule has 57 heavy (non-hydrogen) atoms. The predicted molar refractivity (Wildman–Crippen MR) is 219 cm³/mol. The molecule has 7 rings (SSSR count). The molecule has 13 heteroatoms. The minimum absolute atomic E-state index is 0.0111. The molecule has 1 saturated heterocycles. The highest BCUT2D eigenvalue weighted by Crippen LogP contribution is 2.57. The Bertz CT molecular complexity index is 1910. The number of carbonyl (C=O) groups is 4. The number of benzene rings is 1. The van der Waals surface area contributed by atoms with Crippen molar-refractivity contribution in [3.8, 4) is 0 Å². The van der Waals surface area contributed by atoms with Gasteiger partial charge in [-0.05, 0) is 98.5 Å². The largest absolute Gasteiger partial charge is 0.450 e. The number of hydrogen-bond acceptors (Lipinski definition) is 8. The third-order valence-electron chi connectivity index (χ3n) is 12.6. The molecule has 0 spiro atoms. The van der Waals surface area contributed by atoms with E-state index in [1.807, 2.05) is 69.3 Å². The molecule has 0 unspecified atom stereocenters. The number of alkyl carbamates (subject to hydrolysis) is 1. The smallest absolute Gasteiger partial charge is 0.407 e. The van der Waals surface area contributed by atoms with Gasteiger partial charge in [0.2, 0.25) is 21.8 Å². The summed E-state index contributed by atoms with van der Waals surface area (Å²) in [5.74, 6) is -1.78. The van der Waals surface area contributed by atoms with Crippen molar-refractivity contribution in [3.05, 3.63) is 65.3 Å². The molecule has 3 aliphatic carbocycles. The molecule has 312 valence electrons. The number of allylic oxidation sites excluding steroid dienone is 5. The molecule has 4 amide bonds. The first-order valence-corrected chi connectivity index (χ1v) is 22.1. The highest BCUT2D eigenvalue weighted by molar-refractivity contribution is 7.91. The molecular weight excluding hydrogens is 745 g/mol. The number of hydrogen-bond donors (Lipinski definition) is 3. The van der Waals surface area contributed by atoms with Gasteiger partial charge in [0.25, 0.3) is 5.91 Å². The Morgan fingerprint density at radius 3 is 2.32 bits per heavy atom. The van der Waals surface area contributed by atoms with Crippen molar-refractivity contribution in [1.82, 2.24) is 20.3 Å². The van der Waals surface area contributed by atoms with Crippen LogP contribution in [0.1, 0.15) is 117 Å². The van der Waals surface area contributed by atoms with Gasteiger partial charge in [-0.2, -0.15) is 0 Å². The minimum atomic E-state index is -3.86. The van der Waals surface area contributed by atoms with Gasteiger partial charge in [0.1, 0.15) is 23.2 Å². The lowest BCUT2D eigenvalue weighted by molar-refractivity contribution is -0.143. The molecular formula is C44H62N4O8S. The molecule has 5 atom stereocenters. The van der Waals surface area contributed by atoms with Crippen LogP contribution in [0.3, 0.4) is 0 Å². The van der Waals surface area contributed by atoms with Gasteiger partial charge in [-0.25, -0.2) is 13.2 Å². The maximum Gasteiger partial charge on any atom is 0.407 e. The van der Waals surface area contributed by atoms with Gasteiger partial charge in [0, 0.05) is 13.5 Å². The molecule has 6 aliphatic rings. The van der Waals surface area contributed by atoms with E-state index in [4.69, 9.17) is 9.47 Å². The Balaban J connectivity index is 1.33. The highest BCUT2D eigenvalue weighted by Gasteiger charge is 2.67. The predicted octanol–water partition coefficient (Wildman–Crippen LogP) is 6.28. The third-order valence-corrected chi connectivity index (χ3v) is 14.4. The molecule has 12 nitrogen and oxygen atoms in total. The summed E-state index contributed by atoms with van der Waals surface area (Å²) in [6.45, 7) is 12.1. The lowest BCUT2D eigenvalue weighted by Gasteiger charge is -2.36. The second kappa shape index (κ2) is 16.4. The zero-order valence-electron chi connectivity index (χ0n) is 34.7. The number of amides is 4. The van der Waals surface area contributed by atoms with Crippen molar-refractivity contribution in [2.75, 3.05) is 20.3 Å². The van der Waals surface area contributed by atoms with Crippen LogP contribution in [0, 0.1) is 22.7 Å². The molecule has 3 aliphatic heterocycles. The van der Waals surface area contributed by atoms with Gasteiger partial charge in [0.15, 0.2) is 0 Å². The first-order valence-electron chi connectivity index (χ1n) is 20.6. The van der Waals surface area contributed by atoms with Crippen LogP contribution in [-0.4, -0.2) is 80.3 Å². The standard InChI is InChI=1S/C44H62N4O8S/c1-29-12-9-8-10-14-30-15-19-32(20-16-30)43(55-7)27-35(37(49)46-44(26-34(44)31-17-18-31)39(51)47-57(53,54)33-21-22-33)48(28-43)38(50)36(41(2,3)4)45-40(52)56-25-24-42(5,6)23-11-13-29/h8-10,12,14-16,19-20,31,33-36H,11,13,17-18,21-28H2,1-7H3,(H,45,52)(H,46,49)(H,47,51)/b9-8-,14-10+,29-12+/t34-,35-,36+,43-,44+/m0/s1. The summed E-state index contributed by atoms with van der Waals surface area (Å²) >= 11 is 0. The number of methoxy groups -OCH3 is 1. The van der Waals surface area contributed by atoms with Crippen LogP contribution < -0.4 is 15.4 Å². The molecule has 3 saturated carbocycles. The third kappa shape index (κ3) is 10.0. The molecule has 3 N–H and O–H groups in total. The van der Waals surface area contributed by atoms with Gasteiger partial charge in [0.05, 0.1) is 18.4 Å². The fraction of sp³-hybridized carbons (Fsp3) is 0.636. The summed E-state index contributed by atoms with van der Waals surface area (Å²) in [5.41, 5.74) is -0.387. The zero-order chi connectivity index (χ0) is 41.4. The van der Waals surface area contributed by atoms with Crippen LogP contribution >= 0.6 is 0 Å². The lowest BCUT2D eigenvalue weighted by atomic mass is 9.83. The Morgan fingerprint density at radius 1 is 0.982 bits per heavy atom. The zero-order valence-corrected chi connectivity index (χ0v) is 35.5. The summed E-state index contributed by atoms with van der Waals surface area (Å²) in [4.78, 5) is 58.2. The molecule has 3 heterocycles. The van der Waals surface area contributed by atoms with E-state index in [-0.39, 0.29) is 36.8 Å².